The van der Waals surface area contributed by atoms with Gasteiger partial charge in [0.15, 0.2) is 0 Å². The standard InChI is InChI=1S/C28H34N4O2/c29-24(17-21-11-13-23(33)14-12-21)28(34)32-16-15-31-19-25(22-9-5-2-6-10-22)30-27(31)26(32)18-20-7-3-1-4-8-20/h2,5-6,9-14,19-20,24,26,33H,1,3-4,7-8,15-18,29H2/t24-,26+/m0/s1. The second-order valence-corrected chi connectivity index (χ2v) is 9.81. The number of nitrogens with two attached hydrogens (primary N) is 1. The number of phenols is 1. The molecule has 0 unspecified atom stereocenters. The highest BCUT2D eigenvalue weighted by Gasteiger charge is 2.36. The van der Waals surface area contributed by atoms with Crippen molar-refractivity contribution in [1.29, 1.82) is 0 Å². The first-order valence-electron chi connectivity index (χ1n) is 12.5. The van der Waals surface area contributed by atoms with E-state index >= 15 is 0 Å². The largest absolute Gasteiger partial charge is 0.508 e. The Bertz CT molecular complexity index is 1100. The van der Waals surface area contributed by atoms with Crippen molar-refractivity contribution in [2.45, 2.75) is 63.6 Å². The third-order valence-electron chi connectivity index (χ3n) is 7.41. The van der Waals surface area contributed by atoms with Crippen LogP contribution in [0.1, 0.15) is 56.0 Å². The molecule has 2 aromatic carbocycles. The lowest BCUT2D eigenvalue weighted by Gasteiger charge is -2.39. The van der Waals surface area contributed by atoms with Crippen LogP contribution in [0.2, 0.25) is 0 Å². The predicted molar refractivity (Wildman–Crippen MR) is 133 cm³/mol. The molecule has 2 aliphatic rings. The van der Waals surface area contributed by atoms with Crippen molar-refractivity contribution in [1.82, 2.24) is 14.5 Å². The molecule has 3 N–H and O–H groups in total. The Kier molecular flexibility index (Phi) is 6.68. The van der Waals surface area contributed by atoms with Gasteiger partial charge in [-0.1, -0.05) is 74.6 Å². The molecule has 0 saturated heterocycles. The summed E-state index contributed by atoms with van der Waals surface area (Å²) in [5.41, 5.74) is 9.46. The minimum atomic E-state index is -0.617. The Hall–Kier alpha value is -3.12. The average Bonchev–Trinajstić information content (AvgIpc) is 3.31. The lowest BCUT2D eigenvalue weighted by Crippen LogP contribution is -2.50. The smallest absolute Gasteiger partial charge is 0.240 e. The molecule has 5 rings (SSSR count). The summed E-state index contributed by atoms with van der Waals surface area (Å²) in [5.74, 6) is 1.81. The molecule has 1 aromatic heterocycles. The summed E-state index contributed by atoms with van der Waals surface area (Å²) < 4.78 is 2.24. The Labute approximate surface area is 201 Å². The maximum Gasteiger partial charge on any atom is 0.240 e. The van der Waals surface area contributed by atoms with Crippen molar-refractivity contribution < 1.29 is 9.90 Å². The minimum absolute atomic E-state index is 0.00982. The zero-order chi connectivity index (χ0) is 23.5. The van der Waals surface area contributed by atoms with Gasteiger partial charge in [-0.25, -0.2) is 4.98 Å². The van der Waals surface area contributed by atoms with Crippen LogP contribution in [-0.4, -0.2) is 38.1 Å². The molecule has 1 aliphatic carbocycles. The fraction of sp³-hybridized carbons (Fsp3) is 0.429. The zero-order valence-corrected chi connectivity index (χ0v) is 19.6. The van der Waals surface area contributed by atoms with E-state index in [1.807, 2.05) is 35.2 Å². The van der Waals surface area contributed by atoms with Crippen molar-refractivity contribution in [2.24, 2.45) is 11.7 Å². The van der Waals surface area contributed by atoms with Gasteiger partial charge in [-0.05, 0) is 36.5 Å². The Morgan fingerprint density at radius 2 is 1.76 bits per heavy atom. The van der Waals surface area contributed by atoms with Gasteiger partial charge in [-0.3, -0.25) is 4.79 Å². The molecule has 6 heteroatoms. The van der Waals surface area contributed by atoms with Gasteiger partial charge in [-0.15, -0.1) is 0 Å². The second kappa shape index (κ2) is 10.0. The van der Waals surface area contributed by atoms with Gasteiger partial charge in [0, 0.05) is 24.8 Å². The highest BCUT2D eigenvalue weighted by Crippen LogP contribution is 2.37. The number of nitrogens with zero attached hydrogens (tertiary/aromatic N) is 3. The van der Waals surface area contributed by atoms with Crippen LogP contribution in [0.3, 0.4) is 0 Å². The highest BCUT2D eigenvalue weighted by atomic mass is 16.3. The van der Waals surface area contributed by atoms with Crippen LogP contribution in [-0.2, 0) is 17.8 Å². The summed E-state index contributed by atoms with van der Waals surface area (Å²) in [7, 11) is 0. The van der Waals surface area contributed by atoms with Gasteiger partial charge in [0.25, 0.3) is 0 Å². The van der Waals surface area contributed by atoms with Crippen LogP contribution in [0.5, 0.6) is 5.75 Å². The van der Waals surface area contributed by atoms with Crippen molar-refractivity contribution in [3.05, 3.63) is 72.2 Å². The summed E-state index contributed by atoms with van der Waals surface area (Å²) >= 11 is 0. The third kappa shape index (κ3) is 4.87. The van der Waals surface area contributed by atoms with Crippen LogP contribution in [0, 0.1) is 5.92 Å². The van der Waals surface area contributed by atoms with Gasteiger partial charge < -0.3 is 20.3 Å². The molecule has 1 aliphatic heterocycles. The topological polar surface area (TPSA) is 84.4 Å². The van der Waals surface area contributed by atoms with E-state index in [4.69, 9.17) is 10.7 Å². The number of hydrogen-bond donors (Lipinski definition) is 2. The summed E-state index contributed by atoms with van der Waals surface area (Å²) in [5, 5.41) is 9.56. The number of carbonyl (C=O) groups excluding carboxylic acids is 1. The number of carbonyl (C=O) groups is 1. The van der Waals surface area contributed by atoms with Gasteiger partial charge in [0.05, 0.1) is 17.8 Å². The molecule has 178 valence electrons. The molecule has 3 aromatic rings. The molecule has 34 heavy (non-hydrogen) atoms. The fourth-order valence-corrected chi connectivity index (χ4v) is 5.56. The molecule has 0 radical (unpaired) electrons. The van der Waals surface area contributed by atoms with Crippen molar-refractivity contribution in [3.8, 4) is 17.0 Å². The number of fused-ring (bicyclic) bond motifs is 1. The van der Waals surface area contributed by atoms with Crippen LogP contribution >= 0.6 is 0 Å². The minimum Gasteiger partial charge on any atom is -0.508 e. The van der Waals surface area contributed by atoms with Gasteiger partial charge >= 0.3 is 0 Å². The summed E-state index contributed by atoms with van der Waals surface area (Å²) in [6.45, 7) is 1.38. The first kappa shape index (κ1) is 22.7. The molecular weight excluding hydrogens is 424 g/mol. The van der Waals surface area contributed by atoms with Crippen LogP contribution in [0.4, 0.5) is 0 Å². The number of imidazole rings is 1. The number of benzene rings is 2. The summed E-state index contributed by atoms with van der Waals surface area (Å²) in [4.78, 5) is 20.7. The normalized spacial score (nSPS) is 19.6. The zero-order valence-electron chi connectivity index (χ0n) is 19.6. The predicted octanol–water partition coefficient (Wildman–Crippen LogP) is 4.68. The number of rotatable bonds is 6. The number of phenolic OH excluding ortho intramolecular Hbond substituents is 1. The Morgan fingerprint density at radius 1 is 1.03 bits per heavy atom. The number of amides is 1. The van der Waals surface area contributed by atoms with Crippen LogP contribution in [0.15, 0.2) is 60.8 Å². The SMILES string of the molecule is N[C@@H](Cc1ccc(O)cc1)C(=O)N1CCn2cc(-c3ccccc3)nc2[C@H]1CC1CCCCC1. The quantitative estimate of drug-likeness (QED) is 0.562. The molecule has 1 amide bonds. The maximum absolute atomic E-state index is 13.6. The number of aromatic hydroxyl groups is 1. The van der Waals surface area contributed by atoms with Crippen molar-refractivity contribution >= 4 is 5.91 Å². The molecular formula is C28H34N4O2. The van der Waals surface area contributed by atoms with E-state index in [1.54, 1.807) is 12.1 Å². The monoisotopic (exact) mass is 458 g/mol. The van der Waals surface area contributed by atoms with E-state index in [-0.39, 0.29) is 17.7 Å². The van der Waals surface area contributed by atoms with Crippen LogP contribution < -0.4 is 5.73 Å². The third-order valence-corrected chi connectivity index (χ3v) is 7.41. The van der Waals surface area contributed by atoms with Gasteiger partial charge in [0.2, 0.25) is 5.91 Å². The van der Waals surface area contributed by atoms with E-state index in [1.165, 1.54) is 32.1 Å². The molecule has 2 heterocycles. The second-order valence-electron chi connectivity index (χ2n) is 9.81. The van der Waals surface area contributed by atoms with Crippen molar-refractivity contribution in [3.63, 3.8) is 0 Å². The first-order chi connectivity index (χ1) is 16.6. The highest BCUT2D eigenvalue weighted by molar-refractivity contribution is 5.82. The van der Waals surface area contributed by atoms with E-state index < -0.39 is 6.04 Å². The van der Waals surface area contributed by atoms with Crippen LogP contribution in [0.25, 0.3) is 11.3 Å². The number of hydrogen-bond acceptors (Lipinski definition) is 4. The van der Waals surface area contributed by atoms with E-state index in [2.05, 4.69) is 22.9 Å². The lowest BCUT2D eigenvalue weighted by atomic mass is 9.84. The molecule has 1 saturated carbocycles. The molecule has 0 spiro atoms. The Morgan fingerprint density at radius 3 is 2.50 bits per heavy atom. The lowest BCUT2D eigenvalue weighted by molar-refractivity contribution is -0.137. The molecule has 0 bridgehead atoms. The van der Waals surface area contributed by atoms with Crippen molar-refractivity contribution in [2.75, 3.05) is 6.54 Å². The number of aromatic nitrogens is 2. The van der Waals surface area contributed by atoms with E-state index in [0.29, 0.717) is 18.9 Å². The van der Waals surface area contributed by atoms with Gasteiger partial charge in [-0.2, -0.15) is 0 Å². The Balaban J connectivity index is 1.41. The molecule has 6 nitrogen and oxygen atoms in total. The maximum atomic E-state index is 13.6. The van der Waals surface area contributed by atoms with E-state index in [9.17, 15) is 9.90 Å². The molecule has 2 atom stereocenters. The summed E-state index contributed by atoms with van der Waals surface area (Å²) in [6, 6.07) is 16.5. The average molecular weight is 459 g/mol. The first-order valence-corrected chi connectivity index (χ1v) is 12.5. The molecule has 1 fully saturated rings. The van der Waals surface area contributed by atoms with E-state index in [0.717, 1.165) is 35.6 Å². The summed E-state index contributed by atoms with van der Waals surface area (Å²) in [6.07, 6.45) is 9.85. The fourth-order valence-electron chi connectivity index (χ4n) is 5.56. The van der Waals surface area contributed by atoms with Gasteiger partial charge in [0.1, 0.15) is 11.6 Å².